The number of halogens is 1. The second kappa shape index (κ2) is 8.90. The molecule has 0 fully saturated rings. The molecule has 0 saturated carbocycles. The first-order valence-corrected chi connectivity index (χ1v) is 9.77. The van der Waals surface area contributed by atoms with Gasteiger partial charge >= 0.3 is 0 Å². The lowest BCUT2D eigenvalue weighted by atomic mass is 10.3. The maximum absolute atomic E-state index is 12.7. The van der Waals surface area contributed by atoms with Crippen molar-refractivity contribution in [2.24, 2.45) is 0 Å². The number of thioether (sulfide) groups is 1. The van der Waals surface area contributed by atoms with Crippen molar-refractivity contribution >= 4 is 40.9 Å². The van der Waals surface area contributed by atoms with Gasteiger partial charge in [-0.1, -0.05) is 48.5 Å². The number of amides is 1. The molecule has 0 saturated heterocycles. The van der Waals surface area contributed by atoms with E-state index in [0.717, 1.165) is 5.69 Å². The number of nitrogens with two attached hydrogens (primary N) is 1. The van der Waals surface area contributed by atoms with Crippen LogP contribution in [0.3, 0.4) is 0 Å². The number of benzene rings is 1. The van der Waals surface area contributed by atoms with Crippen LogP contribution in [0.5, 0.6) is 0 Å². The van der Waals surface area contributed by atoms with Crippen LogP contribution in [-0.2, 0) is 4.79 Å². The van der Waals surface area contributed by atoms with E-state index in [1.807, 2.05) is 37.3 Å². The molecule has 7 nitrogen and oxygen atoms in total. The molecule has 0 bridgehead atoms. The van der Waals surface area contributed by atoms with Crippen LogP contribution < -0.4 is 16.6 Å². The number of hydrogen-bond acceptors (Lipinski definition) is 6. The van der Waals surface area contributed by atoms with Gasteiger partial charge in [0.15, 0.2) is 5.16 Å². The fourth-order valence-corrected chi connectivity index (χ4v) is 3.66. The number of hydrogen-bond donors (Lipinski definition) is 2. The first-order chi connectivity index (χ1) is 13.5. The van der Waals surface area contributed by atoms with E-state index in [2.05, 4.69) is 15.3 Å². The smallest absolute Gasteiger partial charge is 0.275 e. The van der Waals surface area contributed by atoms with Gasteiger partial charge < -0.3 is 11.1 Å². The highest BCUT2D eigenvalue weighted by molar-refractivity contribution is 8.00. The Balaban J connectivity index is 1.89. The van der Waals surface area contributed by atoms with E-state index < -0.39 is 10.8 Å². The number of anilines is 2. The fraction of sp³-hybridized carbons (Fsp3) is 0.158. The van der Waals surface area contributed by atoms with E-state index >= 15 is 0 Å². The average molecular weight is 416 g/mol. The van der Waals surface area contributed by atoms with Crippen LogP contribution in [0.25, 0.3) is 5.69 Å². The quantitative estimate of drug-likeness (QED) is 0.472. The first kappa shape index (κ1) is 19.9. The van der Waals surface area contributed by atoms with Gasteiger partial charge in [-0.05, 0) is 30.7 Å². The van der Waals surface area contributed by atoms with Gasteiger partial charge in [-0.15, -0.1) is 0 Å². The van der Waals surface area contributed by atoms with Crippen LogP contribution in [0.1, 0.15) is 13.3 Å². The van der Waals surface area contributed by atoms with Crippen LogP contribution >= 0.6 is 23.4 Å². The Labute approximate surface area is 171 Å². The number of nitrogens with zero attached hydrogens (tertiary/aromatic N) is 3. The number of para-hydroxylation sites is 1. The Bertz CT molecular complexity index is 1020. The van der Waals surface area contributed by atoms with Crippen molar-refractivity contribution in [2.75, 3.05) is 11.1 Å². The number of pyridine rings is 1. The van der Waals surface area contributed by atoms with E-state index in [0.29, 0.717) is 22.4 Å². The molecular formula is C19H18ClN5O2S. The van der Waals surface area contributed by atoms with Crippen LogP contribution in [-0.4, -0.2) is 25.7 Å². The molecule has 0 aliphatic carbocycles. The minimum absolute atomic E-state index is 0.251. The highest BCUT2D eigenvalue weighted by atomic mass is 35.5. The van der Waals surface area contributed by atoms with Crippen molar-refractivity contribution in [3.63, 3.8) is 0 Å². The molecule has 1 aromatic carbocycles. The second-order valence-electron chi connectivity index (χ2n) is 5.84. The molecule has 1 unspecified atom stereocenters. The van der Waals surface area contributed by atoms with Crippen LogP contribution in [0.4, 0.5) is 11.6 Å². The first-order valence-electron chi connectivity index (χ1n) is 8.52. The lowest BCUT2D eigenvalue weighted by Gasteiger charge is -2.18. The topological polar surface area (TPSA) is 103 Å². The minimum atomic E-state index is -0.499. The Morgan fingerprint density at radius 2 is 2.04 bits per heavy atom. The molecule has 0 aliphatic rings. The van der Waals surface area contributed by atoms with Crippen LogP contribution in [0, 0.1) is 0 Å². The van der Waals surface area contributed by atoms with Gasteiger partial charge in [-0.2, -0.15) is 4.98 Å². The number of carbonyl (C=O) groups is 1. The summed E-state index contributed by atoms with van der Waals surface area (Å²) in [5.74, 6) is 0.399. The predicted octanol–water partition coefficient (Wildman–Crippen LogP) is 3.37. The third-order valence-electron chi connectivity index (χ3n) is 3.83. The van der Waals surface area contributed by atoms with E-state index in [9.17, 15) is 9.59 Å². The fourth-order valence-electron chi connectivity index (χ4n) is 2.50. The van der Waals surface area contributed by atoms with Gasteiger partial charge in [-0.25, -0.2) is 4.98 Å². The summed E-state index contributed by atoms with van der Waals surface area (Å²) >= 11 is 6.99. The van der Waals surface area contributed by atoms with Gasteiger partial charge in [-0.3, -0.25) is 14.2 Å². The maximum atomic E-state index is 12.7. The summed E-state index contributed by atoms with van der Waals surface area (Å²) in [6.45, 7) is 1.88. The van der Waals surface area contributed by atoms with Crippen molar-refractivity contribution in [3.05, 3.63) is 70.1 Å². The molecule has 2 aromatic heterocycles. The van der Waals surface area contributed by atoms with E-state index in [1.54, 1.807) is 16.7 Å². The predicted molar refractivity (Wildman–Crippen MR) is 112 cm³/mol. The summed E-state index contributed by atoms with van der Waals surface area (Å²) < 4.78 is 1.66. The zero-order valence-electron chi connectivity index (χ0n) is 15.0. The van der Waals surface area contributed by atoms with Gasteiger partial charge in [0.1, 0.15) is 11.6 Å². The lowest BCUT2D eigenvalue weighted by Crippen LogP contribution is -2.26. The van der Waals surface area contributed by atoms with E-state index in [1.165, 1.54) is 24.0 Å². The number of nitrogens with one attached hydrogen (secondary N) is 1. The summed E-state index contributed by atoms with van der Waals surface area (Å²) in [7, 11) is 0. The number of aromatic nitrogens is 3. The second-order valence-corrected chi connectivity index (χ2v) is 7.44. The third-order valence-corrected chi connectivity index (χ3v) is 5.37. The molecule has 1 atom stereocenters. The summed E-state index contributed by atoms with van der Waals surface area (Å²) in [6.07, 6.45) is 1.97. The molecule has 1 amide bonds. The normalized spacial score (nSPS) is 11.8. The minimum Gasteiger partial charge on any atom is -0.385 e. The molecular weight excluding hydrogens is 398 g/mol. The molecule has 0 spiro atoms. The summed E-state index contributed by atoms with van der Waals surface area (Å²) in [6, 6.07) is 13.8. The molecule has 3 N–H and O–H groups in total. The Morgan fingerprint density at radius 3 is 2.68 bits per heavy atom. The summed E-state index contributed by atoms with van der Waals surface area (Å²) in [5.41, 5.74) is 6.37. The molecule has 3 aromatic rings. The number of nitrogen functional groups attached to an aromatic ring is 1. The SMILES string of the molecule is CCC(Sc1nc(=O)cc(N)n1-c1ccccc1)C(=O)Nc1ccc(Cl)cn1. The van der Waals surface area contributed by atoms with E-state index in [-0.39, 0.29) is 11.7 Å². The molecule has 0 aliphatic heterocycles. The van der Waals surface area contributed by atoms with Gasteiger partial charge in [0.2, 0.25) is 5.91 Å². The Morgan fingerprint density at radius 1 is 1.29 bits per heavy atom. The van der Waals surface area contributed by atoms with E-state index in [4.69, 9.17) is 17.3 Å². The Hall–Kier alpha value is -2.84. The van der Waals surface area contributed by atoms with Crippen molar-refractivity contribution in [1.29, 1.82) is 0 Å². The Kier molecular flexibility index (Phi) is 6.33. The average Bonchev–Trinajstić information content (AvgIpc) is 2.68. The number of carbonyl (C=O) groups excluding carboxylic acids is 1. The van der Waals surface area contributed by atoms with Crippen LogP contribution in [0.15, 0.2) is 64.7 Å². The molecule has 9 heteroatoms. The molecule has 0 radical (unpaired) electrons. The third kappa shape index (κ3) is 4.71. The summed E-state index contributed by atoms with van der Waals surface area (Å²) in [5, 5.41) is 3.09. The monoisotopic (exact) mass is 415 g/mol. The largest absolute Gasteiger partial charge is 0.385 e. The highest BCUT2D eigenvalue weighted by Gasteiger charge is 2.22. The van der Waals surface area contributed by atoms with Crippen molar-refractivity contribution < 1.29 is 4.79 Å². The van der Waals surface area contributed by atoms with Gasteiger partial charge in [0.05, 0.1) is 10.3 Å². The molecule has 28 heavy (non-hydrogen) atoms. The lowest BCUT2D eigenvalue weighted by molar-refractivity contribution is -0.115. The number of rotatable bonds is 6. The highest BCUT2D eigenvalue weighted by Crippen LogP contribution is 2.28. The molecule has 2 heterocycles. The van der Waals surface area contributed by atoms with Crippen LogP contribution in [0.2, 0.25) is 5.02 Å². The van der Waals surface area contributed by atoms with Crippen molar-refractivity contribution in [2.45, 2.75) is 23.8 Å². The van der Waals surface area contributed by atoms with Gasteiger partial charge in [0, 0.05) is 18.0 Å². The zero-order chi connectivity index (χ0) is 20.1. The zero-order valence-corrected chi connectivity index (χ0v) is 16.6. The summed E-state index contributed by atoms with van der Waals surface area (Å²) in [4.78, 5) is 32.8. The maximum Gasteiger partial charge on any atom is 0.275 e. The molecule has 3 rings (SSSR count). The van der Waals surface area contributed by atoms with Crippen molar-refractivity contribution in [1.82, 2.24) is 14.5 Å². The standard InChI is InChI=1S/C19H18ClN5O2S/c1-2-14(18(27)23-16-9-8-12(20)11-22-16)28-19-24-17(26)10-15(21)25(19)13-6-4-3-5-7-13/h3-11,14H,2,21H2,1H3,(H,22,23,27). The van der Waals surface area contributed by atoms with Crippen molar-refractivity contribution in [3.8, 4) is 5.69 Å². The van der Waals surface area contributed by atoms with Gasteiger partial charge in [0.25, 0.3) is 5.56 Å². The molecule has 144 valence electrons.